The summed E-state index contributed by atoms with van der Waals surface area (Å²) in [5.74, 6) is -1.13. The molecule has 5 heteroatoms. The number of fused-ring (bicyclic) bond motifs is 1. The molecule has 0 aliphatic heterocycles. The van der Waals surface area contributed by atoms with E-state index in [0.29, 0.717) is 16.9 Å². The van der Waals surface area contributed by atoms with Gasteiger partial charge in [0.05, 0.1) is 11.1 Å². The maximum Gasteiger partial charge on any atom is 0.339 e. The summed E-state index contributed by atoms with van der Waals surface area (Å²) in [7, 11) is 0. The topological polar surface area (TPSA) is 56.3 Å². The largest absolute Gasteiger partial charge is 0.454 e. The predicted molar refractivity (Wildman–Crippen MR) is 94.7 cm³/mol. The molecule has 0 saturated heterocycles. The molecule has 2 aromatic carbocycles. The number of pyridine rings is 1. The minimum absolute atomic E-state index is 0.177. The van der Waals surface area contributed by atoms with Crippen LogP contribution in [0.5, 0.6) is 0 Å². The smallest absolute Gasteiger partial charge is 0.339 e. The monoisotopic (exact) mass is 349 g/mol. The van der Waals surface area contributed by atoms with E-state index in [0.717, 1.165) is 30.1 Å². The van der Waals surface area contributed by atoms with Gasteiger partial charge in [-0.3, -0.25) is 9.78 Å². The van der Waals surface area contributed by atoms with Crippen LogP contribution in [0.25, 0.3) is 10.9 Å². The first kappa shape index (κ1) is 16.4. The zero-order valence-electron chi connectivity index (χ0n) is 13.9. The predicted octanol–water partition coefficient (Wildman–Crippen LogP) is 4.29. The summed E-state index contributed by atoms with van der Waals surface area (Å²) in [6, 6.07) is 14.4. The Kier molecular flexibility index (Phi) is 4.21. The van der Waals surface area contributed by atoms with Crippen molar-refractivity contribution in [1.82, 2.24) is 4.98 Å². The van der Waals surface area contributed by atoms with E-state index in [1.807, 2.05) is 24.3 Å². The second kappa shape index (κ2) is 6.67. The number of benzene rings is 2. The van der Waals surface area contributed by atoms with Gasteiger partial charge in [0.15, 0.2) is 12.4 Å². The molecular formula is C21H16FNO3. The molecule has 4 nitrogen and oxygen atoms in total. The quantitative estimate of drug-likeness (QED) is 0.509. The molecule has 26 heavy (non-hydrogen) atoms. The normalized spacial score (nSPS) is 13.6. The molecule has 0 bridgehead atoms. The van der Waals surface area contributed by atoms with Crippen LogP contribution in [0.1, 0.15) is 45.2 Å². The zero-order chi connectivity index (χ0) is 18.1. The molecule has 0 amide bonds. The summed E-state index contributed by atoms with van der Waals surface area (Å²) in [5.41, 5.74) is 2.20. The van der Waals surface area contributed by atoms with E-state index in [9.17, 15) is 14.0 Å². The molecule has 0 radical (unpaired) electrons. The van der Waals surface area contributed by atoms with Gasteiger partial charge in [0, 0.05) is 22.6 Å². The fourth-order valence-electron chi connectivity index (χ4n) is 2.91. The van der Waals surface area contributed by atoms with E-state index in [-0.39, 0.29) is 5.56 Å². The third-order valence-electron chi connectivity index (χ3n) is 4.43. The Morgan fingerprint density at radius 1 is 1.08 bits per heavy atom. The highest BCUT2D eigenvalue weighted by Gasteiger charge is 2.27. The zero-order valence-corrected chi connectivity index (χ0v) is 13.9. The third kappa shape index (κ3) is 3.33. The summed E-state index contributed by atoms with van der Waals surface area (Å²) in [6.07, 6.45) is 2.13. The molecule has 4 rings (SSSR count). The Balaban J connectivity index is 1.57. The van der Waals surface area contributed by atoms with Crippen LogP contribution in [0, 0.1) is 5.82 Å². The van der Waals surface area contributed by atoms with Crippen molar-refractivity contribution in [2.75, 3.05) is 6.61 Å². The van der Waals surface area contributed by atoms with E-state index in [1.165, 1.54) is 18.2 Å². The van der Waals surface area contributed by atoms with Crippen molar-refractivity contribution in [3.05, 3.63) is 77.2 Å². The maximum absolute atomic E-state index is 13.2. The fraction of sp³-hybridized carbons (Fsp3) is 0.190. The number of carbonyl (C=O) groups is 2. The van der Waals surface area contributed by atoms with Crippen LogP contribution < -0.4 is 0 Å². The number of ketones is 1. The van der Waals surface area contributed by atoms with Crippen LogP contribution in [0.15, 0.2) is 54.6 Å². The first-order chi connectivity index (χ1) is 12.6. The van der Waals surface area contributed by atoms with Gasteiger partial charge in [0.25, 0.3) is 0 Å². The lowest BCUT2D eigenvalue weighted by Crippen LogP contribution is -2.15. The lowest BCUT2D eigenvalue weighted by Gasteiger charge is -2.09. The van der Waals surface area contributed by atoms with Gasteiger partial charge >= 0.3 is 5.97 Å². The van der Waals surface area contributed by atoms with Crippen molar-refractivity contribution in [2.45, 2.75) is 18.8 Å². The van der Waals surface area contributed by atoms with Crippen molar-refractivity contribution >= 4 is 22.7 Å². The summed E-state index contributed by atoms with van der Waals surface area (Å²) < 4.78 is 18.4. The lowest BCUT2D eigenvalue weighted by atomic mass is 10.1. The SMILES string of the molecule is O=C(COC(=O)c1cc(C2CC2)nc2ccccc12)c1cccc(F)c1. The van der Waals surface area contributed by atoms with Gasteiger partial charge in [0.1, 0.15) is 5.82 Å². The van der Waals surface area contributed by atoms with Crippen LogP contribution in [0.2, 0.25) is 0 Å². The standard InChI is InChI=1S/C21H16FNO3/c22-15-5-3-4-14(10-15)20(24)12-26-21(25)17-11-19(13-8-9-13)23-18-7-2-1-6-16(17)18/h1-7,10-11,13H,8-9,12H2. The van der Waals surface area contributed by atoms with Crippen molar-refractivity contribution in [2.24, 2.45) is 0 Å². The number of rotatable bonds is 5. The Labute approximate surface area is 149 Å². The highest BCUT2D eigenvalue weighted by atomic mass is 19.1. The van der Waals surface area contributed by atoms with Crippen LogP contribution in [0.3, 0.4) is 0 Å². The summed E-state index contributed by atoms with van der Waals surface area (Å²) in [6.45, 7) is -0.433. The molecule has 0 unspecified atom stereocenters. The first-order valence-corrected chi connectivity index (χ1v) is 8.47. The Hall–Kier alpha value is -3.08. The molecule has 0 N–H and O–H groups in total. The van der Waals surface area contributed by atoms with E-state index in [1.54, 1.807) is 6.07 Å². The van der Waals surface area contributed by atoms with E-state index >= 15 is 0 Å². The number of ether oxygens (including phenoxy) is 1. The Bertz CT molecular complexity index is 1010. The second-order valence-electron chi connectivity index (χ2n) is 6.40. The average Bonchev–Trinajstić information content (AvgIpc) is 3.50. The number of para-hydroxylation sites is 1. The number of aromatic nitrogens is 1. The van der Waals surface area contributed by atoms with E-state index in [4.69, 9.17) is 4.74 Å². The molecule has 130 valence electrons. The number of carbonyl (C=O) groups excluding carboxylic acids is 2. The van der Waals surface area contributed by atoms with Crippen molar-refractivity contribution in [3.8, 4) is 0 Å². The van der Waals surface area contributed by atoms with Crippen molar-refractivity contribution in [3.63, 3.8) is 0 Å². The number of halogens is 1. The lowest BCUT2D eigenvalue weighted by molar-refractivity contribution is 0.0476. The molecular weight excluding hydrogens is 333 g/mol. The van der Waals surface area contributed by atoms with Gasteiger partial charge in [-0.05, 0) is 37.1 Å². The van der Waals surface area contributed by atoms with Gasteiger partial charge in [-0.25, -0.2) is 9.18 Å². The minimum atomic E-state index is -0.574. The van der Waals surface area contributed by atoms with Crippen LogP contribution in [-0.2, 0) is 4.74 Å². The summed E-state index contributed by atoms with van der Waals surface area (Å²) >= 11 is 0. The van der Waals surface area contributed by atoms with Gasteiger partial charge < -0.3 is 4.74 Å². The number of esters is 1. The molecule has 1 aliphatic carbocycles. The molecule has 1 aromatic heterocycles. The molecule has 0 spiro atoms. The first-order valence-electron chi connectivity index (χ1n) is 8.47. The fourth-order valence-corrected chi connectivity index (χ4v) is 2.91. The minimum Gasteiger partial charge on any atom is -0.454 e. The third-order valence-corrected chi connectivity index (χ3v) is 4.43. The molecule has 0 atom stereocenters. The molecule has 1 heterocycles. The average molecular weight is 349 g/mol. The van der Waals surface area contributed by atoms with Gasteiger partial charge in [-0.15, -0.1) is 0 Å². The van der Waals surface area contributed by atoms with E-state index in [2.05, 4.69) is 4.98 Å². The van der Waals surface area contributed by atoms with Crippen LogP contribution >= 0.6 is 0 Å². The number of hydrogen-bond acceptors (Lipinski definition) is 4. The number of Topliss-reactive ketones (excluding diaryl/α,β-unsaturated/α-hetero) is 1. The Morgan fingerprint density at radius 2 is 1.88 bits per heavy atom. The van der Waals surface area contributed by atoms with Crippen LogP contribution in [0.4, 0.5) is 4.39 Å². The van der Waals surface area contributed by atoms with Crippen LogP contribution in [-0.4, -0.2) is 23.3 Å². The van der Waals surface area contributed by atoms with Gasteiger partial charge in [0.2, 0.25) is 0 Å². The summed E-state index contributed by atoms with van der Waals surface area (Å²) in [4.78, 5) is 29.3. The summed E-state index contributed by atoms with van der Waals surface area (Å²) in [5, 5.41) is 0.695. The molecule has 1 aliphatic rings. The highest BCUT2D eigenvalue weighted by molar-refractivity contribution is 6.05. The van der Waals surface area contributed by atoms with Gasteiger partial charge in [-0.1, -0.05) is 30.3 Å². The maximum atomic E-state index is 13.2. The molecule has 1 fully saturated rings. The van der Waals surface area contributed by atoms with Gasteiger partial charge in [-0.2, -0.15) is 0 Å². The van der Waals surface area contributed by atoms with Crippen molar-refractivity contribution < 1.29 is 18.7 Å². The van der Waals surface area contributed by atoms with Crippen molar-refractivity contribution in [1.29, 1.82) is 0 Å². The number of nitrogens with zero attached hydrogens (tertiary/aromatic N) is 1. The highest BCUT2D eigenvalue weighted by Crippen LogP contribution is 2.40. The Morgan fingerprint density at radius 3 is 2.65 bits per heavy atom. The number of hydrogen-bond donors (Lipinski definition) is 0. The second-order valence-corrected chi connectivity index (χ2v) is 6.40. The molecule has 1 saturated carbocycles. The molecule has 3 aromatic rings. The van der Waals surface area contributed by atoms with E-state index < -0.39 is 24.2 Å².